The molecule has 30 heavy (non-hydrogen) atoms. The molecule has 3 aromatic rings. The van der Waals surface area contributed by atoms with Gasteiger partial charge in [0, 0.05) is 16.8 Å². The van der Waals surface area contributed by atoms with Crippen molar-refractivity contribution in [2.45, 2.75) is 13.0 Å². The zero-order valence-electron chi connectivity index (χ0n) is 14.7. The Hall–Kier alpha value is -3.41. The van der Waals surface area contributed by atoms with Crippen LogP contribution in [0.4, 0.5) is 38.5 Å². The summed E-state index contributed by atoms with van der Waals surface area (Å²) in [5, 5.41) is 7.27. The topological polar surface area (TPSA) is 72.5 Å². The maximum absolute atomic E-state index is 12.2. The molecule has 0 radical (unpaired) electrons. The SMILES string of the molecule is O=C(Nc1ccc(OC(F)(F)F)cc1)c1csc(Nc2ccc(OC(F)F)cc2)n1. The smallest absolute Gasteiger partial charge is 0.435 e. The van der Waals surface area contributed by atoms with E-state index in [1.165, 1.54) is 41.8 Å². The largest absolute Gasteiger partial charge is 0.573 e. The summed E-state index contributed by atoms with van der Waals surface area (Å²) in [5.74, 6) is -0.975. The zero-order valence-corrected chi connectivity index (χ0v) is 15.6. The van der Waals surface area contributed by atoms with E-state index in [1.54, 1.807) is 0 Å². The minimum Gasteiger partial charge on any atom is -0.435 e. The standard InChI is InChI=1S/C18H12F5N3O3S/c19-16(20)28-12-5-1-11(2-6-12)25-17-26-14(9-30-17)15(27)24-10-3-7-13(8-4-10)29-18(21,22)23/h1-9,16H,(H,24,27)(H,25,26). The van der Waals surface area contributed by atoms with Crippen molar-refractivity contribution in [3.05, 3.63) is 59.6 Å². The lowest BCUT2D eigenvalue weighted by Gasteiger charge is -2.09. The molecule has 0 fully saturated rings. The predicted molar refractivity (Wildman–Crippen MR) is 99.5 cm³/mol. The van der Waals surface area contributed by atoms with E-state index >= 15 is 0 Å². The van der Waals surface area contributed by atoms with Crippen LogP contribution in [-0.2, 0) is 0 Å². The van der Waals surface area contributed by atoms with Crippen molar-refractivity contribution >= 4 is 33.8 Å². The summed E-state index contributed by atoms with van der Waals surface area (Å²) in [7, 11) is 0. The van der Waals surface area contributed by atoms with E-state index < -0.39 is 24.6 Å². The number of aromatic nitrogens is 1. The van der Waals surface area contributed by atoms with E-state index in [1.807, 2.05) is 0 Å². The number of carbonyl (C=O) groups excluding carboxylic acids is 1. The third kappa shape index (κ3) is 6.30. The van der Waals surface area contributed by atoms with Gasteiger partial charge >= 0.3 is 13.0 Å². The number of halogens is 5. The van der Waals surface area contributed by atoms with E-state index in [9.17, 15) is 26.7 Å². The Morgan fingerprint density at radius 2 is 1.57 bits per heavy atom. The fourth-order valence-corrected chi connectivity index (χ4v) is 2.92. The number of hydrogen-bond acceptors (Lipinski definition) is 6. The number of ether oxygens (including phenoxy) is 2. The molecule has 0 spiro atoms. The van der Waals surface area contributed by atoms with Gasteiger partial charge in [0.2, 0.25) is 0 Å². The second kappa shape index (κ2) is 8.95. The summed E-state index contributed by atoms with van der Waals surface area (Å²) in [6, 6.07) is 10.4. The lowest BCUT2D eigenvalue weighted by molar-refractivity contribution is -0.274. The van der Waals surface area contributed by atoms with Crippen LogP contribution >= 0.6 is 11.3 Å². The Balaban J connectivity index is 1.58. The monoisotopic (exact) mass is 445 g/mol. The van der Waals surface area contributed by atoms with E-state index in [0.29, 0.717) is 10.8 Å². The van der Waals surface area contributed by atoms with Crippen LogP contribution in [0.2, 0.25) is 0 Å². The number of nitrogens with zero attached hydrogens (tertiary/aromatic N) is 1. The van der Waals surface area contributed by atoms with Crippen LogP contribution in [0.25, 0.3) is 0 Å². The van der Waals surface area contributed by atoms with Gasteiger partial charge in [0.05, 0.1) is 0 Å². The number of rotatable bonds is 7. The Labute approximate surface area is 170 Å². The Kier molecular flexibility index (Phi) is 6.35. The van der Waals surface area contributed by atoms with Crippen LogP contribution in [0.15, 0.2) is 53.9 Å². The van der Waals surface area contributed by atoms with Crippen LogP contribution in [0, 0.1) is 0 Å². The average Bonchev–Trinajstić information content (AvgIpc) is 3.12. The first-order valence-corrected chi connectivity index (χ1v) is 9.00. The summed E-state index contributed by atoms with van der Waals surface area (Å²) < 4.78 is 68.8. The van der Waals surface area contributed by atoms with Gasteiger partial charge in [-0.2, -0.15) is 8.78 Å². The van der Waals surface area contributed by atoms with Gasteiger partial charge in [-0.15, -0.1) is 24.5 Å². The molecular weight excluding hydrogens is 433 g/mol. The second-order valence-electron chi connectivity index (χ2n) is 5.59. The van der Waals surface area contributed by atoms with Crippen LogP contribution < -0.4 is 20.1 Å². The van der Waals surface area contributed by atoms with Crippen LogP contribution in [0.1, 0.15) is 10.5 Å². The number of nitrogens with one attached hydrogen (secondary N) is 2. The highest BCUT2D eigenvalue weighted by Gasteiger charge is 2.31. The normalized spacial score (nSPS) is 11.3. The number of amides is 1. The zero-order chi connectivity index (χ0) is 21.7. The van der Waals surface area contributed by atoms with Crippen molar-refractivity contribution in [1.82, 2.24) is 4.98 Å². The number of alkyl halides is 5. The molecule has 158 valence electrons. The highest BCUT2D eigenvalue weighted by molar-refractivity contribution is 7.14. The van der Waals surface area contributed by atoms with Gasteiger partial charge in [-0.05, 0) is 48.5 Å². The van der Waals surface area contributed by atoms with Crippen LogP contribution in [0.5, 0.6) is 11.5 Å². The van der Waals surface area contributed by atoms with Gasteiger partial charge in [-0.1, -0.05) is 0 Å². The van der Waals surface area contributed by atoms with Gasteiger partial charge in [0.25, 0.3) is 5.91 Å². The van der Waals surface area contributed by atoms with Gasteiger partial charge in [-0.3, -0.25) is 4.79 Å². The molecule has 0 atom stereocenters. The molecule has 0 saturated heterocycles. The summed E-state index contributed by atoms with van der Waals surface area (Å²) in [6.45, 7) is -2.92. The number of benzene rings is 2. The minimum absolute atomic E-state index is 0.00130. The molecule has 0 aliphatic heterocycles. The molecule has 12 heteroatoms. The molecule has 0 aliphatic rings. The number of hydrogen-bond donors (Lipinski definition) is 2. The second-order valence-corrected chi connectivity index (χ2v) is 6.45. The summed E-state index contributed by atoms with van der Waals surface area (Å²) in [4.78, 5) is 16.4. The van der Waals surface area contributed by atoms with Gasteiger partial charge in [0.15, 0.2) is 5.13 Å². The molecule has 2 N–H and O–H groups in total. The van der Waals surface area contributed by atoms with Crippen LogP contribution in [-0.4, -0.2) is 23.9 Å². The number of thiazole rings is 1. The van der Waals surface area contributed by atoms with E-state index in [0.717, 1.165) is 23.5 Å². The first-order valence-electron chi connectivity index (χ1n) is 8.12. The number of anilines is 3. The molecule has 0 aliphatic carbocycles. The Morgan fingerprint density at radius 1 is 0.967 bits per heavy atom. The molecule has 0 saturated carbocycles. The molecule has 6 nitrogen and oxygen atoms in total. The van der Waals surface area contributed by atoms with Crippen molar-refractivity contribution in [2.75, 3.05) is 10.6 Å². The van der Waals surface area contributed by atoms with E-state index in [-0.39, 0.29) is 17.1 Å². The quantitative estimate of drug-likeness (QED) is 0.461. The van der Waals surface area contributed by atoms with Gasteiger partial charge in [-0.25, -0.2) is 4.98 Å². The first kappa shape index (κ1) is 21.3. The Morgan fingerprint density at radius 3 is 2.17 bits per heavy atom. The van der Waals surface area contributed by atoms with Crippen molar-refractivity contribution in [3.8, 4) is 11.5 Å². The molecule has 1 heterocycles. The summed E-state index contributed by atoms with van der Waals surface area (Å²) in [6.07, 6.45) is -4.80. The average molecular weight is 445 g/mol. The lowest BCUT2D eigenvalue weighted by atomic mass is 10.3. The van der Waals surface area contributed by atoms with Gasteiger partial charge < -0.3 is 20.1 Å². The first-order chi connectivity index (χ1) is 14.2. The minimum atomic E-state index is -4.80. The molecule has 0 unspecified atom stereocenters. The maximum Gasteiger partial charge on any atom is 0.573 e. The molecule has 2 aromatic carbocycles. The molecule has 0 bridgehead atoms. The lowest BCUT2D eigenvalue weighted by Crippen LogP contribution is -2.17. The molecule has 1 amide bonds. The highest BCUT2D eigenvalue weighted by Crippen LogP contribution is 2.26. The summed E-state index contributed by atoms with van der Waals surface area (Å²) in [5.41, 5.74) is 0.876. The van der Waals surface area contributed by atoms with Crippen molar-refractivity contribution < 1.29 is 36.2 Å². The number of carbonyl (C=O) groups is 1. The Bertz CT molecular complexity index is 992. The summed E-state index contributed by atoms with van der Waals surface area (Å²) >= 11 is 1.13. The predicted octanol–water partition coefficient (Wildman–Crippen LogP) is 5.64. The van der Waals surface area contributed by atoms with Crippen molar-refractivity contribution in [2.24, 2.45) is 0 Å². The fraction of sp³-hybridized carbons (Fsp3) is 0.111. The maximum atomic E-state index is 12.2. The fourth-order valence-electron chi connectivity index (χ4n) is 2.21. The molecule has 3 rings (SSSR count). The van der Waals surface area contributed by atoms with E-state index in [4.69, 9.17) is 0 Å². The molecule has 1 aromatic heterocycles. The van der Waals surface area contributed by atoms with Crippen molar-refractivity contribution in [1.29, 1.82) is 0 Å². The third-order valence-electron chi connectivity index (χ3n) is 3.41. The van der Waals surface area contributed by atoms with Crippen LogP contribution in [0.3, 0.4) is 0 Å². The highest BCUT2D eigenvalue weighted by atomic mass is 32.1. The third-order valence-corrected chi connectivity index (χ3v) is 4.17. The molecular formula is C18H12F5N3O3S. The van der Waals surface area contributed by atoms with Crippen molar-refractivity contribution in [3.63, 3.8) is 0 Å². The van der Waals surface area contributed by atoms with Gasteiger partial charge in [0.1, 0.15) is 17.2 Å². The van der Waals surface area contributed by atoms with E-state index in [2.05, 4.69) is 25.1 Å².